The van der Waals surface area contributed by atoms with Gasteiger partial charge in [0.1, 0.15) is 5.75 Å². The number of benzene rings is 1. The first-order valence-electron chi connectivity index (χ1n) is 13.1. The fraction of sp³-hybridized carbons (Fsp3) is 0.793. The molecule has 0 bridgehead atoms. The smallest absolute Gasteiger partial charge is 0.119 e. The summed E-state index contributed by atoms with van der Waals surface area (Å²) in [4.78, 5) is 0. The summed E-state index contributed by atoms with van der Waals surface area (Å²) < 4.78 is 12.5. The molecule has 31 heavy (non-hydrogen) atoms. The van der Waals surface area contributed by atoms with Gasteiger partial charge in [-0.1, -0.05) is 39.0 Å². The average molecular weight is 423 g/mol. The Morgan fingerprint density at radius 1 is 1.00 bits per heavy atom. The third-order valence-corrected chi connectivity index (χ3v) is 11.8. The van der Waals surface area contributed by atoms with Crippen LogP contribution in [0.4, 0.5) is 0 Å². The van der Waals surface area contributed by atoms with Gasteiger partial charge in [0.25, 0.3) is 0 Å². The maximum atomic E-state index is 6.29. The van der Waals surface area contributed by atoms with E-state index in [1.54, 1.807) is 0 Å². The van der Waals surface area contributed by atoms with Crippen molar-refractivity contribution in [2.45, 2.75) is 78.2 Å². The van der Waals surface area contributed by atoms with Crippen LogP contribution in [0.15, 0.2) is 30.3 Å². The summed E-state index contributed by atoms with van der Waals surface area (Å²) in [5.74, 6) is 6.12. The standard InChI is InChI=1S/C29H42O2/c1-19(18-31-21-8-6-5-7-9-21)23-10-11-24-22-16-26(30-4)29-17-20(29)12-15-28(29,3)25(22)13-14-27(23,24)2/h5-9,19-20,22-26H,10-18H2,1-4H3/t19-,20-,22+,23-,24+,25+,26-,27-,28-,29?/m1/s1. The van der Waals surface area contributed by atoms with Crippen LogP contribution in [-0.2, 0) is 4.74 Å². The van der Waals surface area contributed by atoms with Crippen LogP contribution >= 0.6 is 0 Å². The van der Waals surface area contributed by atoms with E-state index in [-0.39, 0.29) is 0 Å². The molecule has 5 saturated carbocycles. The van der Waals surface area contributed by atoms with Crippen LogP contribution in [0.3, 0.4) is 0 Å². The summed E-state index contributed by atoms with van der Waals surface area (Å²) in [7, 11) is 2.01. The monoisotopic (exact) mass is 422 g/mol. The van der Waals surface area contributed by atoms with Crippen molar-refractivity contribution in [3.63, 3.8) is 0 Å². The van der Waals surface area contributed by atoms with E-state index < -0.39 is 0 Å². The van der Waals surface area contributed by atoms with Crippen molar-refractivity contribution in [2.75, 3.05) is 13.7 Å². The number of methoxy groups -OCH3 is 1. The second-order valence-electron chi connectivity index (χ2n) is 12.6. The van der Waals surface area contributed by atoms with Gasteiger partial charge in [0.05, 0.1) is 12.7 Å². The Balaban J connectivity index is 1.22. The molecule has 0 heterocycles. The van der Waals surface area contributed by atoms with Gasteiger partial charge in [0.2, 0.25) is 0 Å². The molecule has 0 radical (unpaired) electrons. The van der Waals surface area contributed by atoms with E-state index in [4.69, 9.17) is 9.47 Å². The van der Waals surface area contributed by atoms with Crippen LogP contribution in [0.25, 0.3) is 0 Å². The minimum Gasteiger partial charge on any atom is -0.493 e. The molecule has 0 aliphatic heterocycles. The lowest BCUT2D eigenvalue weighted by atomic mass is 9.45. The van der Waals surface area contributed by atoms with Crippen molar-refractivity contribution >= 4 is 0 Å². The molecule has 5 aliphatic carbocycles. The molecule has 1 spiro atoms. The molecule has 170 valence electrons. The average Bonchev–Trinajstić information content (AvgIpc) is 3.29. The van der Waals surface area contributed by atoms with Crippen LogP contribution in [0, 0.1) is 51.8 Å². The number of hydrogen-bond acceptors (Lipinski definition) is 2. The predicted molar refractivity (Wildman–Crippen MR) is 125 cm³/mol. The van der Waals surface area contributed by atoms with Gasteiger partial charge in [0.15, 0.2) is 0 Å². The van der Waals surface area contributed by atoms with Gasteiger partial charge in [-0.15, -0.1) is 0 Å². The number of fused-ring (bicyclic) bond motifs is 4. The Bertz CT molecular complexity index is 821. The number of ether oxygens (including phenoxy) is 2. The summed E-state index contributed by atoms with van der Waals surface area (Å²) in [5, 5.41) is 0. The molecule has 5 aliphatic rings. The Morgan fingerprint density at radius 3 is 2.55 bits per heavy atom. The zero-order valence-corrected chi connectivity index (χ0v) is 20.1. The summed E-state index contributed by atoms with van der Waals surface area (Å²) in [6.45, 7) is 8.66. The van der Waals surface area contributed by atoms with Gasteiger partial charge in [-0.05, 0) is 110 Å². The molecule has 1 aromatic rings. The lowest BCUT2D eigenvalue weighted by Crippen LogP contribution is -2.57. The molecule has 2 heteroatoms. The van der Waals surface area contributed by atoms with E-state index >= 15 is 0 Å². The fourth-order valence-corrected chi connectivity index (χ4v) is 10.4. The molecule has 2 nitrogen and oxygen atoms in total. The van der Waals surface area contributed by atoms with E-state index in [2.05, 4.69) is 51.1 Å². The van der Waals surface area contributed by atoms with Crippen LogP contribution in [-0.4, -0.2) is 19.8 Å². The molecule has 1 aromatic carbocycles. The van der Waals surface area contributed by atoms with Crippen LogP contribution in [0.5, 0.6) is 5.75 Å². The zero-order chi connectivity index (χ0) is 21.4. The lowest BCUT2D eigenvalue weighted by Gasteiger charge is -2.61. The van der Waals surface area contributed by atoms with E-state index in [9.17, 15) is 0 Å². The highest BCUT2D eigenvalue weighted by atomic mass is 16.5. The van der Waals surface area contributed by atoms with E-state index in [0.29, 0.717) is 28.3 Å². The zero-order valence-electron chi connectivity index (χ0n) is 20.1. The SMILES string of the molecule is CO[C@@H]1C[C@H]2[C@@H]3CC[C@H]([C@H](C)COc4ccccc4)[C@@]3(C)CC[C@@H]2[C@@]2(C)CC[C@@H]3CC312. The Morgan fingerprint density at radius 2 is 1.81 bits per heavy atom. The fourth-order valence-electron chi connectivity index (χ4n) is 10.4. The van der Waals surface area contributed by atoms with E-state index in [0.717, 1.165) is 41.9 Å². The normalized spacial score (nSPS) is 50.7. The first-order chi connectivity index (χ1) is 14.9. The van der Waals surface area contributed by atoms with Crippen molar-refractivity contribution in [1.82, 2.24) is 0 Å². The summed E-state index contributed by atoms with van der Waals surface area (Å²) in [5.41, 5.74) is 1.58. The van der Waals surface area contributed by atoms with Gasteiger partial charge >= 0.3 is 0 Å². The van der Waals surface area contributed by atoms with Crippen molar-refractivity contribution < 1.29 is 9.47 Å². The molecule has 6 rings (SSSR count). The summed E-state index contributed by atoms with van der Waals surface area (Å²) in [6.07, 6.45) is 12.0. The molecular formula is C29H42O2. The Kier molecular flexibility index (Phi) is 4.64. The van der Waals surface area contributed by atoms with Crippen LogP contribution < -0.4 is 4.74 Å². The quantitative estimate of drug-likeness (QED) is 0.509. The highest BCUT2D eigenvalue weighted by Gasteiger charge is 2.77. The molecule has 10 atom stereocenters. The maximum absolute atomic E-state index is 6.29. The van der Waals surface area contributed by atoms with Gasteiger partial charge in [-0.3, -0.25) is 0 Å². The summed E-state index contributed by atoms with van der Waals surface area (Å²) in [6, 6.07) is 10.4. The van der Waals surface area contributed by atoms with Crippen molar-refractivity contribution in [3.8, 4) is 5.75 Å². The first-order valence-corrected chi connectivity index (χ1v) is 13.1. The minimum absolute atomic E-state index is 0.487. The molecule has 0 saturated heterocycles. The van der Waals surface area contributed by atoms with Crippen LogP contribution in [0.1, 0.15) is 72.1 Å². The number of para-hydroxylation sites is 1. The lowest BCUT2D eigenvalue weighted by molar-refractivity contribution is -0.161. The third-order valence-electron chi connectivity index (χ3n) is 11.8. The third kappa shape index (κ3) is 2.66. The molecule has 5 fully saturated rings. The number of hydrogen-bond donors (Lipinski definition) is 0. The predicted octanol–water partition coefficient (Wildman–Crippen LogP) is 6.99. The first kappa shape index (κ1) is 20.6. The molecular weight excluding hydrogens is 380 g/mol. The van der Waals surface area contributed by atoms with Gasteiger partial charge in [0, 0.05) is 12.5 Å². The van der Waals surface area contributed by atoms with E-state index in [1.165, 1.54) is 51.4 Å². The largest absolute Gasteiger partial charge is 0.493 e. The number of rotatable bonds is 5. The van der Waals surface area contributed by atoms with Crippen molar-refractivity contribution in [2.24, 2.45) is 51.8 Å². The molecule has 0 aromatic heterocycles. The highest BCUT2D eigenvalue weighted by Crippen LogP contribution is 2.82. The van der Waals surface area contributed by atoms with Gasteiger partial charge in [-0.2, -0.15) is 0 Å². The molecule has 0 amide bonds. The topological polar surface area (TPSA) is 18.5 Å². The van der Waals surface area contributed by atoms with Gasteiger partial charge < -0.3 is 9.47 Å². The summed E-state index contributed by atoms with van der Waals surface area (Å²) >= 11 is 0. The highest BCUT2D eigenvalue weighted by molar-refractivity contribution is 5.26. The van der Waals surface area contributed by atoms with E-state index in [1.807, 2.05) is 7.11 Å². The Labute approximate surface area is 189 Å². The Hall–Kier alpha value is -1.02. The second kappa shape index (κ2) is 6.99. The minimum atomic E-state index is 0.487. The van der Waals surface area contributed by atoms with Crippen molar-refractivity contribution in [1.29, 1.82) is 0 Å². The molecule has 1 unspecified atom stereocenters. The molecule has 0 N–H and O–H groups in total. The van der Waals surface area contributed by atoms with Crippen molar-refractivity contribution in [3.05, 3.63) is 30.3 Å². The maximum Gasteiger partial charge on any atom is 0.119 e. The second-order valence-corrected chi connectivity index (χ2v) is 12.6. The van der Waals surface area contributed by atoms with Gasteiger partial charge in [-0.25, -0.2) is 0 Å². The van der Waals surface area contributed by atoms with Crippen LogP contribution in [0.2, 0.25) is 0 Å².